The lowest BCUT2D eigenvalue weighted by Crippen LogP contribution is -2.40. The van der Waals surface area contributed by atoms with E-state index in [2.05, 4.69) is 30.3 Å². The van der Waals surface area contributed by atoms with Gasteiger partial charge in [-0.1, -0.05) is 0 Å². The van der Waals surface area contributed by atoms with Crippen LogP contribution in [-0.2, 0) is 6.54 Å². The van der Waals surface area contributed by atoms with E-state index in [9.17, 15) is 4.79 Å². The molecule has 1 N–H and O–H groups in total. The summed E-state index contributed by atoms with van der Waals surface area (Å²) in [7, 11) is 0. The molecule has 1 amide bonds. The first-order valence-corrected chi connectivity index (χ1v) is 6.98. The van der Waals surface area contributed by atoms with Gasteiger partial charge >= 0.3 is 0 Å². The number of hydrogen-bond acceptors (Lipinski definition) is 5. The van der Waals surface area contributed by atoms with Gasteiger partial charge < -0.3 is 9.47 Å². The van der Waals surface area contributed by atoms with Gasteiger partial charge in [-0.05, 0) is 29.5 Å². The van der Waals surface area contributed by atoms with Crippen molar-refractivity contribution in [2.75, 3.05) is 6.54 Å². The van der Waals surface area contributed by atoms with Gasteiger partial charge in [-0.15, -0.1) is 5.10 Å². The Balaban J connectivity index is 1.68. The average molecular weight is 298 g/mol. The predicted octanol–water partition coefficient (Wildman–Crippen LogP) is 0.404. The fraction of sp³-hybridized carbons (Fsp3) is 0.308. The third-order valence-electron chi connectivity index (χ3n) is 4.03. The summed E-state index contributed by atoms with van der Waals surface area (Å²) in [5.41, 5.74) is 1.59. The van der Waals surface area contributed by atoms with Crippen LogP contribution in [-0.4, -0.2) is 52.3 Å². The van der Waals surface area contributed by atoms with E-state index >= 15 is 0 Å². The highest BCUT2D eigenvalue weighted by molar-refractivity contribution is 5.97. The standard InChI is InChI=1S/C13H14N8O/c1-9-11-3-2-4-19(11)5-6-20(9)13(22)10-7-14-16-12(10)21-8-15-17-18-21/h2-4,7-9H,5-6H2,1H3,(H,14,16). The number of carbonyl (C=O) groups excluding carboxylic acids is 1. The second-order valence-electron chi connectivity index (χ2n) is 5.19. The molecule has 1 atom stereocenters. The summed E-state index contributed by atoms with van der Waals surface area (Å²) in [5, 5.41) is 17.7. The zero-order valence-electron chi connectivity index (χ0n) is 11.9. The molecule has 3 aromatic rings. The quantitative estimate of drug-likeness (QED) is 0.738. The van der Waals surface area contributed by atoms with Gasteiger partial charge in [-0.2, -0.15) is 9.78 Å². The van der Waals surface area contributed by atoms with Crippen molar-refractivity contribution in [2.24, 2.45) is 0 Å². The first kappa shape index (κ1) is 12.7. The average Bonchev–Trinajstić information content (AvgIpc) is 3.26. The van der Waals surface area contributed by atoms with Crippen molar-refractivity contribution < 1.29 is 4.79 Å². The van der Waals surface area contributed by atoms with Crippen LogP contribution in [0.25, 0.3) is 5.82 Å². The number of aromatic nitrogens is 7. The number of amides is 1. The van der Waals surface area contributed by atoms with Gasteiger partial charge in [0.15, 0.2) is 5.82 Å². The molecule has 0 bridgehead atoms. The molecule has 0 aromatic carbocycles. The van der Waals surface area contributed by atoms with Gasteiger partial charge in [0, 0.05) is 25.0 Å². The van der Waals surface area contributed by atoms with Crippen LogP contribution in [0.5, 0.6) is 0 Å². The van der Waals surface area contributed by atoms with Gasteiger partial charge in [0.1, 0.15) is 11.9 Å². The number of nitrogens with zero attached hydrogens (tertiary/aromatic N) is 7. The highest BCUT2D eigenvalue weighted by Crippen LogP contribution is 2.27. The Morgan fingerprint density at radius 1 is 1.41 bits per heavy atom. The zero-order valence-corrected chi connectivity index (χ0v) is 11.9. The van der Waals surface area contributed by atoms with Gasteiger partial charge in [-0.25, -0.2) is 0 Å². The number of fused-ring (bicyclic) bond motifs is 1. The van der Waals surface area contributed by atoms with E-state index in [0.29, 0.717) is 17.9 Å². The minimum atomic E-state index is -0.0841. The molecule has 1 aliphatic rings. The number of nitrogens with one attached hydrogen (secondary N) is 1. The summed E-state index contributed by atoms with van der Waals surface area (Å²) in [5.74, 6) is 0.391. The maximum Gasteiger partial charge on any atom is 0.259 e. The van der Waals surface area contributed by atoms with Crippen molar-refractivity contribution in [3.05, 3.63) is 42.1 Å². The molecule has 112 valence electrons. The molecule has 3 aromatic heterocycles. The first-order valence-electron chi connectivity index (χ1n) is 6.98. The van der Waals surface area contributed by atoms with Crippen LogP contribution in [0, 0.1) is 0 Å². The number of aromatic amines is 1. The minimum Gasteiger partial charge on any atom is -0.348 e. The smallest absolute Gasteiger partial charge is 0.259 e. The highest BCUT2D eigenvalue weighted by Gasteiger charge is 2.30. The number of tetrazole rings is 1. The van der Waals surface area contributed by atoms with E-state index < -0.39 is 0 Å². The Hall–Kier alpha value is -2.97. The van der Waals surface area contributed by atoms with Gasteiger partial charge in [0.05, 0.1) is 12.2 Å². The fourth-order valence-electron chi connectivity index (χ4n) is 2.89. The van der Waals surface area contributed by atoms with Crippen LogP contribution < -0.4 is 0 Å². The van der Waals surface area contributed by atoms with Crippen molar-refractivity contribution in [2.45, 2.75) is 19.5 Å². The molecule has 0 saturated heterocycles. The lowest BCUT2D eigenvalue weighted by atomic mass is 10.1. The molecule has 22 heavy (non-hydrogen) atoms. The van der Waals surface area contributed by atoms with Crippen LogP contribution in [0.2, 0.25) is 0 Å². The summed E-state index contributed by atoms with van der Waals surface area (Å²) in [6.07, 6.45) is 4.98. The molecule has 0 fully saturated rings. The van der Waals surface area contributed by atoms with E-state index in [-0.39, 0.29) is 11.9 Å². The lowest BCUT2D eigenvalue weighted by molar-refractivity contribution is 0.0644. The summed E-state index contributed by atoms with van der Waals surface area (Å²) in [6.45, 7) is 3.47. The Bertz CT molecular complexity index is 802. The van der Waals surface area contributed by atoms with Crippen molar-refractivity contribution in [1.29, 1.82) is 0 Å². The van der Waals surface area contributed by atoms with E-state index in [1.165, 1.54) is 17.2 Å². The van der Waals surface area contributed by atoms with Crippen LogP contribution in [0.4, 0.5) is 0 Å². The van der Waals surface area contributed by atoms with Gasteiger partial charge in [0.25, 0.3) is 5.91 Å². The SMILES string of the molecule is CC1c2cccn2CCN1C(=O)c1cn[nH]c1-n1cnnn1. The topological polar surface area (TPSA) is 97.5 Å². The highest BCUT2D eigenvalue weighted by atomic mass is 16.2. The molecule has 0 aliphatic carbocycles. The maximum absolute atomic E-state index is 12.9. The van der Waals surface area contributed by atoms with E-state index in [4.69, 9.17) is 0 Å². The third-order valence-corrected chi connectivity index (χ3v) is 4.03. The molecule has 0 spiro atoms. The Labute approximate surface area is 125 Å². The predicted molar refractivity (Wildman–Crippen MR) is 75.2 cm³/mol. The van der Waals surface area contributed by atoms with Crippen LogP contribution >= 0.6 is 0 Å². The van der Waals surface area contributed by atoms with Crippen molar-refractivity contribution in [3.63, 3.8) is 0 Å². The van der Waals surface area contributed by atoms with E-state index in [0.717, 1.165) is 12.2 Å². The van der Waals surface area contributed by atoms with E-state index in [1.54, 1.807) is 0 Å². The molecule has 1 unspecified atom stereocenters. The lowest BCUT2D eigenvalue weighted by Gasteiger charge is -2.34. The summed E-state index contributed by atoms with van der Waals surface area (Å²) in [4.78, 5) is 14.7. The first-order chi connectivity index (χ1) is 10.8. The Morgan fingerprint density at radius 3 is 3.14 bits per heavy atom. The number of H-pyrrole nitrogens is 1. The second kappa shape index (κ2) is 4.79. The third kappa shape index (κ3) is 1.82. The monoisotopic (exact) mass is 298 g/mol. The van der Waals surface area contributed by atoms with E-state index in [1.807, 2.05) is 30.2 Å². The molecule has 4 rings (SSSR count). The normalized spacial score (nSPS) is 17.5. The summed E-state index contributed by atoms with van der Waals surface area (Å²) >= 11 is 0. The van der Waals surface area contributed by atoms with Gasteiger partial charge in [-0.3, -0.25) is 9.89 Å². The number of carbonyl (C=O) groups is 1. The Kier molecular flexibility index (Phi) is 2.78. The largest absolute Gasteiger partial charge is 0.348 e. The molecule has 9 heteroatoms. The maximum atomic E-state index is 12.9. The van der Waals surface area contributed by atoms with Crippen LogP contribution in [0.1, 0.15) is 29.0 Å². The minimum absolute atomic E-state index is 0.00729. The second-order valence-corrected chi connectivity index (χ2v) is 5.19. The van der Waals surface area contributed by atoms with Crippen LogP contribution in [0.15, 0.2) is 30.9 Å². The summed E-state index contributed by atoms with van der Waals surface area (Å²) < 4.78 is 3.57. The van der Waals surface area contributed by atoms with Crippen molar-refractivity contribution in [3.8, 4) is 5.82 Å². The molecule has 9 nitrogen and oxygen atoms in total. The van der Waals surface area contributed by atoms with Crippen LogP contribution in [0.3, 0.4) is 0 Å². The molecule has 1 aliphatic heterocycles. The number of rotatable bonds is 2. The summed E-state index contributed by atoms with van der Waals surface area (Å²) in [6, 6.07) is 4.05. The molecule has 0 saturated carbocycles. The molecular weight excluding hydrogens is 284 g/mol. The molecule has 4 heterocycles. The fourth-order valence-corrected chi connectivity index (χ4v) is 2.89. The van der Waals surface area contributed by atoms with Crippen molar-refractivity contribution in [1.82, 2.24) is 39.9 Å². The van der Waals surface area contributed by atoms with Gasteiger partial charge in [0.2, 0.25) is 0 Å². The number of hydrogen-bond donors (Lipinski definition) is 1. The zero-order chi connectivity index (χ0) is 15.1. The Morgan fingerprint density at radius 2 is 2.32 bits per heavy atom. The molecular formula is C13H14N8O. The van der Waals surface area contributed by atoms with Crippen molar-refractivity contribution >= 4 is 5.91 Å². The molecule has 0 radical (unpaired) electrons.